The van der Waals surface area contributed by atoms with Crippen molar-refractivity contribution >= 4 is 34.6 Å². The van der Waals surface area contributed by atoms with E-state index in [0.717, 1.165) is 22.6 Å². The Bertz CT molecular complexity index is 1410. The highest BCUT2D eigenvalue weighted by molar-refractivity contribution is 7.80. The molecule has 3 aromatic heterocycles. The molecule has 2 atom stereocenters. The van der Waals surface area contributed by atoms with Crippen LogP contribution in [0.1, 0.15) is 29.0 Å². The predicted molar refractivity (Wildman–Crippen MR) is 149 cm³/mol. The third kappa shape index (κ3) is 5.22. The molecule has 194 valence electrons. The van der Waals surface area contributed by atoms with Gasteiger partial charge >= 0.3 is 0 Å². The number of ether oxygens (including phenoxy) is 2. The van der Waals surface area contributed by atoms with Gasteiger partial charge in [-0.25, -0.2) is 0 Å². The van der Waals surface area contributed by atoms with Gasteiger partial charge < -0.3 is 29.6 Å². The molecule has 4 heterocycles. The lowest BCUT2D eigenvalue weighted by molar-refractivity contribution is -0.119. The van der Waals surface area contributed by atoms with Crippen molar-refractivity contribution < 1.29 is 14.3 Å². The molecule has 10 heteroatoms. The summed E-state index contributed by atoms with van der Waals surface area (Å²) in [4.78, 5) is 23.3. The molecule has 1 fully saturated rings. The van der Waals surface area contributed by atoms with Gasteiger partial charge in [0.25, 0.3) is 0 Å². The van der Waals surface area contributed by atoms with Gasteiger partial charge in [-0.1, -0.05) is 12.1 Å². The number of benzene rings is 1. The summed E-state index contributed by atoms with van der Waals surface area (Å²) in [5, 5.41) is 6.92. The summed E-state index contributed by atoms with van der Waals surface area (Å²) in [5.74, 6) is 0.257. The summed E-state index contributed by atoms with van der Waals surface area (Å²) in [5.41, 5.74) is 4.34. The van der Waals surface area contributed by atoms with Crippen LogP contribution in [-0.2, 0) is 16.1 Å². The number of nitrogens with one attached hydrogen (secondary N) is 2. The van der Waals surface area contributed by atoms with Crippen molar-refractivity contribution in [3.05, 3.63) is 102 Å². The lowest BCUT2D eigenvalue weighted by Crippen LogP contribution is -2.30. The number of nitrogens with zero attached hydrogens (tertiary/aromatic N) is 4. The second-order valence-corrected chi connectivity index (χ2v) is 9.17. The van der Waals surface area contributed by atoms with Gasteiger partial charge in [0, 0.05) is 49.8 Å². The summed E-state index contributed by atoms with van der Waals surface area (Å²) in [6.07, 6.45) is 7.48. The fourth-order valence-corrected chi connectivity index (χ4v) is 5.07. The Morgan fingerprint density at radius 3 is 2.74 bits per heavy atom. The smallest absolute Gasteiger partial charge is 0.250 e. The molecule has 1 amide bonds. The Labute approximate surface area is 226 Å². The largest absolute Gasteiger partial charge is 0.495 e. The van der Waals surface area contributed by atoms with Crippen LogP contribution in [0.15, 0.2) is 85.5 Å². The highest BCUT2D eigenvalue weighted by Gasteiger charge is 2.42. The van der Waals surface area contributed by atoms with Crippen LogP contribution in [0, 0.1) is 0 Å². The van der Waals surface area contributed by atoms with Crippen molar-refractivity contribution in [1.82, 2.24) is 19.9 Å². The molecule has 1 aliphatic rings. The third-order valence-corrected chi connectivity index (χ3v) is 6.67. The van der Waals surface area contributed by atoms with Crippen molar-refractivity contribution in [2.24, 2.45) is 0 Å². The van der Waals surface area contributed by atoms with Crippen molar-refractivity contribution in [3.8, 4) is 5.75 Å². The molecule has 0 saturated carbocycles. The molecule has 0 radical (unpaired) electrons. The van der Waals surface area contributed by atoms with E-state index in [1.165, 1.54) is 7.11 Å². The number of anilines is 2. The van der Waals surface area contributed by atoms with Crippen molar-refractivity contribution in [3.63, 3.8) is 0 Å². The topological polar surface area (TPSA) is 93.5 Å². The number of carbonyl (C=O) groups is 1. The van der Waals surface area contributed by atoms with Gasteiger partial charge in [0.1, 0.15) is 18.4 Å². The van der Waals surface area contributed by atoms with Crippen LogP contribution in [0.5, 0.6) is 5.75 Å². The summed E-state index contributed by atoms with van der Waals surface area (Å²) in [6, 6.07) is 19.2. The predicted octanol–water partition coefficient (Wildman–Crippen LogP) is 4.10. The van der Waals surface area contributed by atoms with Gasteiger partial charge in [-0.05, 0) is 66.3 Å². The molecular weight excluding hydrogens is 500 g/mol. The van der Waals surface area contributed by atoms with E-state index >= 15 is 0 Å². The molecule has 0 spiro atoms. The van der Waals surface area contributed by atoms with Crippen LogP contribution in [-0.4, -0.2) is 46.4 Å². The number of thiocarbonyl (C=S) groups is 1. The number of aromatic nitrogens is 3. The lowest BCUT2D eigenvalue weighted by atomic mass is 10.0. The molecule has 0 unspecified atom stereocenters. The fraction of sp³-hybridized carbons (Fsp3) is 0.214. The number of pyridine rings is 2. The fourth-order valence-electron chi connectivity index (χ4n) is 4.72. The van der Waals surface area contributed by atoms with Crippen LogP contribution in [0.2, 0.25) is 0 Å². The van der Waals surface area contributed by atoms with E-state index < -0.39 is 0 Å². The molecule has 0 aliphatic carbocycles. The molecule has 38 heavy (non-hydrogen) atoms. The van der Waals surface area contributed by atoms with Gasteiger partial charge in [0.05, 0.1) is 24.5 Å². The average Bonchev–Trinajstić information content (AvgIpc) is 3.53. The lowest BCUT2D eigenvalue weighted by Gasteiger charge is -2.29. The number of carbonyl (C=O) groups excluding carboxylic acids is 1. The minimum absolute atomic E-state index is 0.0662. The van der Waals surface area contributed by atoms with E-state index in [2.05, 4.69) is 48.4 Å². The second kappa shape index (κ2) is 11.4. The molecule has 2 N–H and O–H groups in total. The molecule has 1 aliphatic heterocycles. The number of amides is 1. The number of hydrogen-bond acceptors (Lipinski definition) is 6. The van der Waals surface area contributed by atoms with E-state index in [-0.39, 0.29) is 24.6 Å². The number of hydrogen-bond donors (Lipinski definition) is 2. The molecule has 5 rings (SSSR count). The Morgan fingerprint density at radius 2 is 2.00 bits per heavy atom. The summed E-state index contributed by atoms with van der Waals surface area (Å²) < 4.78 is 12.7. The zero-order valence-electron chi connectivity index (χ0n) is 21.1. The second-order valence-electron chi connectivity index (χ2n) is 8.78. The normalized spacial score (nSPS) is 16.8. The van der Waals surface area contributed by atoms with Gasteiger partial charge in [-0.15, -0.1) is 0 Å². The highest BCUT2D eigenvalue weighted by Crippen LogP contribution is 2.43. The number of methoxy groups -OCH3 is 2. The van der Waals surface area contributed by atoms with E-state index in [1.54, 1.807) is 19.5 Å². The van der Waals surface area contributed by atoms with Crippen LogP contribution in [0.4, 0.5) is 11.4 Å². The van der Waals surface area contributed by atoms with Gasteiger partial charge in [0.15, 0.2) is 5.11 Å². The first kappa shape index (κ1) is 25.4. The van der Waals surface area contributed by atoms with Crippen LogP contribution in [0.25, 0.3) is 0 Å². The van der Waals surface area contributed by atoms with E-state index in [0.29, 0.717) is 23.1 Å². The molecular formula is C28H28N6O3S. The van der Waals surface area contributed by atoms with Gasteiger partial charge in [0.2, 0.25) is 5.91 Å². The zero-order valence-corrected chi connectivity index (χ0v) is 21.9. The molecule has 0 bridgehead atoms. The summed E-state index contributed by atoms with van der Waals surface area (Å²) in [7, 11) is 3.04. The first-order valence-corrected chi connectivity index (χ1v) is 12.5. The van der Waals surface area contributed by atoms with Crippen molar-refractivity contribution in [1.29, 1.82) is 0 Å². The third-order valence-electron chi connectivity index (χ3n) is 6.35. The maximum absolute atomic E-state index is 12.3. The Balaban J connectivity index is 1.58. The van der Waals surface area contributed by atoms with Crippen molar-refractivity contribution in [2.75, 3.05) is 31.0 Å². The van der Waals surface area contributed by atoms with E-state index in [9.17, 15) is 4.79 Å². The minimum Gasteiger partial charge on any atom is -0.495 e. The zero-order chi connectivity index (χ0) is 26.5. The van der Waals surface area contributed by atoms with Crippen LogP contribution < -0.4 is 20.3 Å². The summed E-state index contributed by atoms with van der Waals surface area (Å²) in [6.45, 7) is 0.590. The average molecular weight is 529 g/mol. The Kier molecular flexibility index (Phi) is 7.62. The Morgan fingerprint density at radius 1 is 1.11 bits per heavy atom. The van der Waals surface area contributed by atoms with Gasteiger partial charge in [-0.3, -0.25) is 14.8 Å². The quantitative estimate of drug-likeness (QED) is 0.314. The monoisotopic (exact) mass is 528 g/mol. The minimum atomic E-state index is -0.279. The first-order valence-electron chi connectivity index (χ1n) is 12.1. The SMILES string of the molecule is COCC(=O)Nc1cc(N2C(=S)N[C@@H](c3ccccn3)[C@@H]2c2cccn2Cc2cccnc2)ccc1OC. The molecule has 1 saturated heterocycles. The van der Waals surface area contributed by atoms with Crippen LogP contribution >= 0.6 is 12.2 Å². The van der Waals surface area contributed by atoms with Gasteiger partial charge in [-0.2, -0.15) is 0 Å². The van der Waals surface area contributed by atoms with E-state index in [1.807, 2.05) is 54.7 Å². The maximum Gasteiger partial charge on any atom is 0.250 e. The maximum atomic E-state index is 12.3. The van der Waals surface area contributed by atoms with Crippen LogP contribution in [0.3, 0.4) is 0 Å². The number of rotatable bonds is 9. The molecule has 1 aromatic carbocycles. The first-order chi connectivity index (χ1) is 18.6. The van der Waals surface area contributed by atoms with Crippen molar-refractivity contribution in [2.45, 2.75) is 18.6 Å². The summed E-state index contributed by atoms with van der Waals surface area (Å²) >= 11 is 5.89. The van der Waals surface area contributed by atoms with E-state index in [4.69, 9.17) is 21.7 Å². The standard InChI is InChI=1S/C28H28N6O3S/c1-36-18-25(35)31-22-15-20(10-11-24(22)37-2)34-27(26(32-28(34)38)21-8-3-4-13-30-21)23-9-6-14-33(23)17-19-7-5-12-29-16-19/h3-16,26-27H,17-18H2,1-2H3,(H,31,35)(H,32,38)/t26-,27-/m0/s1. The highest BCUT2D eigenvalue weighted by atomic mass is 32.1. The molecule has 4 aromatic rings. The Hall–Kier alpha value is -4.28. The molecule has 9 nitrogen and oxygen atoms in total.